The maximum Gasteiger partial charge on any atom is 0.303 e. The lowest BCUT2D eigenvalue weighted by Gasteiger charge is -2.60. The molecule has 4 saturated carbocycles. The smallest absolute Gasteiger partial charge is 0.303 e. The van der Waals surface area contributed by atoms with Crippen LogP contribution in [0.5, 0.6) is 0 Å². The first-order valence-corrected chi connectivity index (χ1v) is 5.93. The zero-order valence-electron chi connectivity index (χ0n) is 8.91. The molecule has 4 bridgehead atoms. The van der Waals surface area contributed by atoms with Gasteiger partial charge in [-0.3, -0.25) is 4.79 Å². The van der Waals surface area contributed by atoms with Crippen LogP contribution in [0.25, 0.3) is 0 Å². The average molecular weight is 210 g/mol. The van der Waals surface area contributed by atoms with E-state index in [4.69, 9.17) is 5.11 Å². The van der Waals surface area contributed by atoms with Crippen molar-refractivity contribution in [2.75, 3.05) is 0 Å². The van der Waals surface area contributed by atoms with Crippen LogP contribution >= 0.6 is 0 Å². The SMILES string of the molecule is O=C(O)CC12C[C@@H]3C[C@@H](CC(O)(C3)C1)C2. The maximum absolute atomic E-state index is 10.9. The highest BCUT2D eigenvalue weighted by Gasteiger charge is 2.57. The van der Waals surface area contributed by atoms with Crippen LogP contribution in [0.1, 0.15) is 44.9 Å². The standard InChI is InChI=1S/C12H18O3/c13-10(14)6-11-2-8-1-9(3-11)5-12(15,4-8)7-11/h8-9,15H,1-7H2,(H,13,14)/t8-,9+,11?,12?. The minimum Gasteiger partial charge on any atom is -0.481 e. The lowest BCUT2D eigenvalue weighted by atomic mass is 9.47. The van der Waals surface area contributed by atoms with E-state index >= 15 is 0 Å². The minimum absolute atomic E-state index is 0.0648. The van der Waals surface area contributed by atoms with Crippen molar-refractivity contribution in [2.45, 2.75) is 50.5 Å². The number of hydrogen-bond acceptors (Lipinski definition) is 2. The number of aliphatic hydroxyl groups is 1. The Labute approximate surface area is 89.5 Å². The largest absolute Gasteiger partial charge is 0.481 e. The van der Waals surface area contributed by atoms with Gasteiger partial charge in [0, 0.05) is 0 Å². The highest BCUT2D eigenvalue weighted by Crippen LogP contribution is 2.62. The van der Waals surface area contributed by atoms with Gasteiger partial charge in [0.1, 0.15) is 0 Å². The molecule has 0 aromatic rings. The molecule has 4 atom stereocenters. The van der Waals surface area contributed by atoms with Gasteiger partial charge in [0.25, 0.3) is 0 Å². The van der Waals surface area contributed by atoms with Crippen LogP contribution < -0.4 is 0 Å². The lowest BCUT2D eigenvalue weighted by molar-refractivity contribution is -0.174. The van der Waals surface area contributed by atoms with E-state index in [2.05, 4.69) is 0 Å². The number of carbonyl (C=O) groups is 1. The Bertz CT molecular complexity index is 296. The molecule has 0 radical (unpaired) electrons. The first-order valence-electron chi connectivity index (χ1n) is 5.93. The molecule has 0 saturated heterocycles. The van der Waals surface area contributed by atoms with E-state index in [1.54, 1.807) is 0 Å². The number of hydrogen-bond donors (Lipinski definition) is 2. The summed E-state index contributed by atoms with van der Waals surface area (Å²) < 4.78 is 0. The van der Waals surface area contributed by atoms with Crippen LogP contribution in [0, 0.1) is 17.3 Å². The fourth-order valence-corrected chi connectivity index (χ4v) is 4.93. The van der Waals surface area contributed by atoms with Crippen molar-refractivity contribution in [1.82, 2.24) is 0 Å². The molecule has 3 heteroatoms. The van der Waals surface area contributed by atoms with Crippen LogP contribution in [-0.2, 0) is 4.79 Å². The third kappa shape index (κ3) is 1.48. The Morgan fingerprint density at radius 3 is 2.27 bits per heavy atom. The minimum atomic E-state index is -0.694. The summed E-state index contributed by atoms with van der Waals surface area (Å²) in [5.41, 5.74) is -0.579. The Morgan fingerprint density at radius 1 is 1.20 bits per heavy atom. The van der Waals surface area contributed by atoms with E-state index in [0.29, 0.717) is 11.8 Å². The Balaban J connectivity index is 1.89. The molecule has 0 spiro atoms. The average Bonchev–Trinajstić information content (AvgIpc) is 1.94. The van der Waals surface area contributed by atoms with E-state index in [1.807, 2.05) is 0 Å². The first-order chi connectivity index (χ1) is 6.99. The molecule has 0 aromatic carbocycles. The molecule has 2 N–H and O–H groups in total. The first kappa shape index (κ1) is 9.64. The topological polar surface area (TPSA) is 57.5 Å². The number of aliphatic carboxylic acids is 1. The number of rotatable bonds is 2. The van der Waals surface area contributed by atoms with Crippen LogP contribution in [0.4, 0.5) is 0 Å². The molecule has 0 amide bonds. The van der Waals surface area contributed by atoms with E-state index in [9.17, 15) is 9.90 Å². The molecule has 2 unspecified atom stereocenters. The van der Waals surface area contributed by atoms with Crippen LogP contribution in [0.15, 0.2) is 0 Å². The monoisotopic (exact) mass is 210 g/mol. The predicted molar refractivity (Wildman–Crippen MR) is 54.3 cm³/mol. The fourth-order valence-electron chi connectivity index (χ4n) is 4.93. The summed E-state index contributed by atoms with van der Waals surface area (Å²) in [5, 5.41) is 19.4. The van der Waals surface area contributed by atoms with Gasteiger partial charge in [-0.2, -0.15) is 0 Å². The van der Waals surface area contributed by atoms with Crippen molar-refractivity contribution >= 4 is 5.97 Å². The quantitative estimate of drug-likeness (QED) is 0.730. The summed E-state index contributed by atoms with van der Waals surface area (Å²) in [6.07, 6.45) is 6.15. The summed E-state index contributed by atoms with van der Waals surface area (Å²) in [6.45, 7) is 0. The van der Waals surface area contributed by atoms with Crippen molar-refractivity contribution in [1.29, 1.82) is 0 Å². The number of carboxylic acid groups (broad SMARTS) is 1. The Hall–Kier alpha value is -0.570. The Morgan fingerprint density at radius 2 is 1.80 bits per heavy atom. The normalized spacial score (nSPS) is 52.1. The molecule has 4 fully saturated rings. The van der Waals surface area contributed by atoms with Crippen LogP contribution in [0.3, 0.4) is 0 Å². The molecule has 0 aliphatic heterocycles. The van der Waals surface area contributed by atoms with Gasteiger partial charge in [0.15, 0.2) is 0 Å². The molecule has 3 nitrogen and oxygen atoms in total. The highest BCUT2D eigenvalue weighted by atomic mass is 16.4. The maximum atomic E-state index is 10.9. The molecule has 0 aromatic heterocycles. The molecule has 4 rings (SSSR count). The molecule has 15 heavy (non-hydrogen) atoms. The van der Waals surface area contributed by atoms with Crippen molar-refractivity contribution in [2.24, 2.45) is 17.3 Å². The summed E-state index contributed by atoms with van der Waals surface area (Å²) in [6, 6.07) is 0. The van der Waals surface area contributed by atoms with E-state index in [0.717, 1.165) is 32.1 Å². The van der Waals surface area contributed by atoms with Gasteiger partial charge < -0.3 is 10.2 Å². The third-order valence-corrected chi connectivity index (χ3v) is 4.68. The van der Waals surface area contributed by atoms with Crippen LogP contribution in [0.2, 0.25) is 0 Å². The Kier molecular flexibility index (Phi) is 1.77. The van der Waals surface area contributed by atoms with Gasteiger partial charge >= 0.3 is 5.97 Å². The molecule has 84 valence electrons. The van der Waals surface area contributed by atoms with Gasteiger partial charge in [-0.05, 0) is 55.8 Å². The van der Waals surface area contributed by atoms with E-state index in [-0.39, 0.29) is 11.8 Å². The summed E-state index contributed by atoms with van der Waals surface area (Å²) in [5.74, 6) is 0.492. The van der Waals surface area contributed by atoms with E-state index in [1.165, 1.54) is 6.42 Å². The highest BCUT2D eigenvalue weighted by molar-refractivity contribution is 5.67. The van der Waals surface area contributed by atoms with Crippen molar-refractivity contribution in [3.63, 3.8) is 0 Å². The second kappa shape index (κ2) is 2.76. The van der Waals surface area contributed by atoms with E-state index < -0.39 is 11.6 Å². The van der Waals surface area contributed by atoms with Gasteiger partial charge in [-0.25, -0.2) is 0 Å². The molecule has 4 aliphatic rings. The predicted octanol–water partition coefficient (Wildman–Crippen LogP) is 1.79. The summed E-state index contributed by atoms with van der Waals surface area (Å²) >= 11 is 0. The summed E-state index contributed by atoms with van der Waals surface area (Å²) in [7, 11) is 0. The van der Waals surface area contributed by atoms with Crippen LogP contribution in [-0.4, -0.2) is 21.8 Å². The zero-order chi connectivity index (χ0) is 10.7. The molecule has 4 aliphatic carbocycles. The second-order valence-corrected chi connectivity index (χ2v) is 6.26. The lowest BCUT2D eigenvalue weighted by Crippen LogP contribution is -2.56. The van der Waals surface area contributed by atoms with Crippen molar-refractivity contribution in [3.05, 3.63) is 0 Å². The second-order valence-electron chi connectivity index (χ2n) is 6.26. The molecular formula is C12H18O3. The van der Waals surface area contributed by atoms with Gasteiger partial charge in [-0.15, -0.1) is 0 Å². The van der Waals surface area contributed by atoms with Crippen molar-refractivity contribution < 1.29 is 15.0 Å². The van der Waals surface area contributed by atoms with Crippen molar-refractivity contribution in [3.8, 4) is 0 Å². The molecular weight excluding hydrogens is 192 g/mol. The van der Waals surface area contributed by atoms with Gasteiger partial charge in [-0.1, -0.05) is 0 Å². The fraction of sp³-hybridized carbons (Fsp3) is 0.917. The third-order valence-electron chi connectivity index (χ3n) is 4.68. The number of carboxylic acids is 1. The summed E-state index contributed by atoms with van der Waals surface area (Å²) in [4.78, 5) is 10.9. The van der Waals surface area contributed by atoms with Gasteiger partial charge in [0.2, 0.25) is 0 Å². The molecule has 0 heterocycles. The zero-order valence-corrected chi connectivity index (χ0v) is 8.91. The van der Waals surface area contributed by atoms with Gasteiger partial charge in [0.05, 0.1) is 12.0 Å².